The third-order valence-corrected chi connectivity index (χ3v) is 4.13. The zero-order valence-electron chi connectivity index (χ0n) is 15.6. The van der Waals surface area contributed by atoms with E-state index in [0.717, 1.165) is 0 Å². The van der Waals surface area contributed by atoms with Crippen LogP contribution < -0.4 is 4.74 Å². The molecule has 150 valence electrons. The largest absolute Gasteiger partial charge is 0.573 e. The minimum Gasteiger partial charge on any atom is -0.406 e. The van der Waals surface area contributed by atoms with Crippen LogP contribution >= 0.6 is 0 Å². The molecule has 3 rings (SSSR count). The Hall–Kier alpha value is -3.55. The summed E-state index contributed by atoms with van der Waals surface area (Å²) in [6.45, 7) is 4.01. The molecule has 1 amide bonds. The Labute approximate surface area is 165 Å². The normalized spacial score (nSPS) is 11.2. The molecule has 8 heteroatoms. The lowest BCUT2D eigenvalue weighted by Gasteiger charge is -2.16. The molecule has 1 aromatic heterocycles. The van der Waals surface area contributed by atoms with Gasteiger partial charge in [-0.3, -0.25) is 9.36 Å². The highest BCUT2D eigenvalue weighted by Gasteiger charge is 2.31. The van der Waals surface area contributed by atoms with Gasteiger partial charge in [0.25, 0.3) is 5.91 Å². The summed E-state index contributed by atoms with van der Waals surface area (Å²) >= 11 is 0. The van der Waals surface area contributed by atoms with Crippen molar-refractivity contribution in [2.24, 2.45) is 0 Å². The number of hydrogen-bond acceptors (Lipinski definition) is 3. The number of aromatic nitrogens is 2. The molecule has 3 aromatic rings. The second-order valence-corrected chi connectivity index (χ2v) is 6.25. The van der Waals surface area contributed by atoms with Crippen LogP contribution in [0.5, 0.6) is 5.75 Å². The van der Waals surface area contributed by atoms with Crippen molar-refractivity contribution in [3.05, 3.63) is 79.4 Å². The second kappa shape index (κ2) is 8.22. The van der Waals surface area contributed by atoms with Crippen LogP contribution in [0, 0.1) is 0 Å². The summed E-state index contributed by atoms with van der Waals surface area (Å²) in [6, 6.07) is 12.8. The number of ether oxygens (including phenoxy) is 1. The van der Waals surface area contributed by atoms with Gasteiger partial charge >= 0.3 is 6.36 Å². The van der Waals surface area contributed by atoms with Gasteiger partial charge in [0.2, 0.25) is 0 Å². The van der Waals surface area contributed by atoms with Crippen molar-refractivity contribution in [3.8, 4) is 22.6 Å². The van der Waals surface area contributed by atoms with Crippen LogP contribution in [0.25, 0.3) is 16.8 Å². The number of carbonyl (C=O) groups excluding carboxylic acids is 1. The third-order valence-electron chi connectivity index (χ3n) is 4.13. The number of rotatable bonds is 6. The van der Waals surface area contributed by atoms with E-state index < -0.39 is 6.36 Å². The van der Waals surface area contributed by atoms with Crippen LogP contribution in [0.2, 0.25) is 0 Å². The molecule has 0 aliphatic carbocycles. The van der Waals surface area contributed by atoms with E-state index in [0.29, 0.717) is 29.1 Å². The Balaban J connectivity index is 1.94. The standard InChI is InChI=1S/C21H18F3N3O2/c1-3-10-26(2)20(28)19-13-25-14-27(19)17-8-4-6-15(11-17)16-7-5-9-18(12-16)29-21(22,23)24/h3-9,11-14H,1,10H2,2H3. The van der Waals surface area contributed by atoms with Gasteiger partial charge in [0.1, 0.15) is 11.4 Å². The van der Waals surface area contributed by atoms with Crippen LogP contribution in [0.3, 0.4) is 0 Å². The third kappa shape index (κ3) is 4.84. The van der Waals surface area contributed by atoms with Crippen LogP contribution in [0.1, 0.15) is 10.5 Å². The maximum atomic E-state index is 12.6. The van der Waals surface area contributed by atoms with Gasteiger partial charge in [-0.15, -0.1) is 19.8 Å². The highest BCUT2D eigenvalue weighted by Crippen LogP contribution is 2.29. The molecule has 5 nitrogen and oxygen atoms in total. The first-order valence-corrected chi connectivity index (χ1v) is 8.64. The van der Waals surface area contributed by atoms with E-state index in [-0.39, 0.29) is 11.7 Å². The van der Waals surface area contributed by atoms with E-state index in [1.165, 1.54) is 35.6 Å². The number of imidazole rings is 1. The number of benzene rings is 2. The summed E-state index contributed by atoms with van der Waals surface area (Å²) in [7, 11) is 1.66. The Morgan fingerprint density at radius 3 is 2.59 bits per heavy atom. The molecular weight excluding hydrogens is 383 g/mol. The van der Waals surface area contributed by atoms with Gasteiger partial charge in [0.05, 0.1) is 12.5 Å². The molecule has 0 bridgehead atoms. The maximum Gasteiger partial charge on any atom is 0.573 e. The number of halogens is 3. The van der Waals surface area contributed by atoms with Gasteiger partial charge in [-0.2, -0.15) is 0 Å². The summed E-state index contributed by atoms with van der Waals surface area (Å²) in [5, 5.41) is 0. The molecule has 0 saturated heterocycles. The van der Waals surface area contributed by atoms with Gasteiger partial charge in [0.15, 0.2) is 0 Å². The van der Waals surface area contributed by atoms with Crippen LogP contribution in [-0.4, -0.2) is 40.3 Å². The van der Waals surface area contributed by atoms with Gasteiger partial charge in [-0.25, -0.2) is 4.98 Å². The monoisotopic (exact) mass is 401 g/mol. The van der Waals surface area contributed by atoms with Crippen molar-refractivity contribution in [1.29, 1.82) is 0 Å². The number of amides is 1. The van der Waals surface area contributed by atoms with Gasteiger partial charge in [0, 0.05) is 19.3 Å². The Kier molecular flexibility index (Phi) is 5.72. The quantitative estimate of drug-likeness (QED) is 0.563. The van der Waals surface area contributed by atoms with Gasteiger partial charge in [-0.05, 0) is 35.4 Å². The fraction of sp³-hybridized carbons (Fsp3) is 0.143. The molecule has 1 heterocycles. The number of hydrogen-bond donors (Lipinski definition) is 0. The minimum absolute atomic E-state index is 0.228. The van der Waals surface area contributed by atoms with Gasteiger partial charge in [-0.1, -0.05) is 30.3 Å². The first-order valence-electron chi connectivity index (χ1n) is 8.64. The van der Waals surface area contributed by atoms with E-state index in [1.54, 1.807) is 48.0 Å². The highest BCUT2D eigenvalue weighted by atomic mass is 19.4. The second-order valence-electron chi connectivity index (χ2n) is 6.25. The van der Waals surface area contributed by atoms with E-state index >= 15 is 0 Å². The maximum absolute atomic E-state index is 12.6. The summed E-state index contributed by atoms with van der Waals surface area (Å²) < 4.78 is 43.1. The molecule has 0 atom stereocenters. The van der Waals surface area contributed by atoms with Crippen LogP contribution in [-0.2, 0) is 0 Å². The minimum atomic E-state index is -4.76. The molecule has 0 aliphatic rings. The lowest BCUT2D eigenvalue weighted by molar-refractivity contribution is -0.274. The van der Waals surface area contributed by atoms with Crippen molar-refractivity contribution in [3.63, 3.8) is 0 Å². The average molecular weight is 401 g/mol. The van der Waals surface area contributed by atoms with E-state index in [2.05, 4.69) is 16.3 Å². The van der Waals surface area contributed by atoms with E-state index in [1.807, 2.05) is 0 Å². The lowest BCUT2D eigenvalue weighted by atomic mass is 10.0. The van der Waals surface area contributed by atoms with E-state index in [9.17, 15) is 18.0 Å². The average Bonchev–Trinajstić information content (AvgIpc) is 3.16. The van der Waals surface area contributed by atoms with Gasteiger partial charge < -0.3 is 9.64 Å². The summed E-state index contributed by atoms with van der Waals surface area (Å²) in [5.74, 6) is -0.529. The topological polar surface area (TPSA) is 47.4 Å². The first kappa shape index (κ1) is 20.2. The highest BCUT2D eigenvalue weighted by molar-refractivity contribution is 5.93. The number of nitrogens with zero attached hydrogens (tertiary/aromatic N) is 3. The van der Waals surface area contributed by atoms with Crippen molar-refractivity contribution >= 4 is 5.91 Å². The Morgan fingerprint density at radius 1 is 1.21 bits per heavy atom. The fourth-order valence-electron chi connectivity index (χ4n) is 2.84. The molecule has 0 saturated carbocycles. The predicted octanol–water partition coefficient (Wildman–Crippen LogP) is 4.70. The Bertz CT molecular complexity index is 1030. The van der Waals surface area contributed by atoms with Crippen molar-refractivity contribution in [2.45, 2.75) is 6.36 Å². The summed E-state index contributed by atoms with van der Waals surface area (Å²) in [4.78, 5) is 18.2. The first-order chi connectivity index (χ1) is 13.8. The zero-order valence-corrected chi connectivity index (χ0v) is 15.6. The van der Waals surface area contributed by atoms with Crippen molar-refractivity contribution < 1.29 is 22.7 Å². The van der Waals surface area contributed by atoms with Crippen molar-refractivity contribution in [1.82, 2.24) is 14.5 Å². The predicted molar refractivity (Wildman–Crippen MR) is 103 cm³/mol. The number of alkyl halides is 3. The zero-order chi connectivity index (χ0) is 21.0. The molecule has 0 fully saturated rings. The van der Waals surface area contributed by atoms with Crippen LogP contribution in [0.15, 0.2) is 73.7 Å². The number of likely N-dealkylation sites (N-methyl/N-ethyl adjacent to an activating group) is 1. The molecule has 0 aliphatic heterocycles. The molecular formula is C21H18F3N3O2. The molecule has 2 aromatic carbocycles. The van der Waals surface area contributed by atoms with Crippen molar-refractivity contribution in [2.75, 3.05) is 13.6 Å². The lowest BCUT2D eigenvalue weighted by Crippen LogP contribution is -2.28. The molecule has 0 spiro atoms. The summed E-state index contributed by atoms with van der Waals surface area (Å²) in [5.41, 5.74) is 2.23. The smallest absolute Gasteiger partial charge is 0.406 e. The Morgan fingerprint density at radius 2 is 1.90 bits per heavy atom. The number of carbonyl (C=O) groups is 1. The molecule has 29 heavy (non-hydrogen) atoms. The van der Waals surface area contributed by atoms with Crippen LogP contribution in [0.4, 0.5) is 13.2 Å². The molecule has 0 N–H and O–H groups in total. The molecule has 0 radical (unpaired) electrons. The fourth-order valence-corrected chi connectivity index (χ4v) is 2.84. The van der Waals surface area contributed by atoms with E-state index in [4.69, 9.17) is 0 Å². The summed E-state index contributed by atoms with van der Waals surface area (Å²) in [6.07, 6.45) is -0.164. The molecule has 0 unspecified atom stereocenters. The SMILES string of the molecule is C=CCN(C)C(=O)c1cncn1-c1cccc(-c2cccc(OC(F)(F)F)c2)c1.